The van der Waals surface area contributed by atoms with Crippen LogP contribution in [-0.2, 0) is 6.54 Å². The van der Waals surface area contributed by atoms with Crippen LogP contribution in [-0.4, -0.2) is 11.2 Å². The lowest BCUT2D eigenvalue weighted by Gasteiger charge is -2.11. The van der Waals surface area contributed by atoms with Gasteiger partial charge in [-0.3, -0.25) is 0 Å². The molecule has 0 radical (unpaired) electrons. The maximum Gasteiger partial charge on any atom is 0.120 e. The smallest absolute Gasteiger partial charge is 0.120 e. The maximum atomic E-state index is 9.33. The quantitative estimate of drug-likeness (QED) is 0.745. The van der Waals surface area contributed by atoms with Gasteiger partial charge >= 0.3 is 0 Å². The van der Waals surface area contributed by atoms with Crippen LogP contribution in [0.5, 0.6) is 11.5 Å². The van der Waals surface area contributed by atoms with E-state index in [1.165, 1.54) is 0 Å². The van der Waals surface area contributed by atoms with Gasteiger partial charge in [0.05, 0.1) is 6.10 Å². The van der Waals surface area contributed by atoms with Gasteiger partial charge in [-0.1, -0.05) is 0 Å². The minimum Gasteiger partial charge on any atom is -0.508 e. The van der Waals surface area contributed by atoms with Crippen molar-refractivity contribution in [3.05, 3.63) is 23.8 Å². The van der Waals surface area contributed by atoms with Crippen LogP contribution in [0.3, 0.4) is 0 Å². The van der Waals surface area contributed by atoms with Crippen LogP contribution >= 0.6 is 0 Å². The highest BCUT2D eigenvalue weighted by atomic mass is 16.5. The molecule has 72 valence electrons. The normalized spacial score (nSPS) is 10.5. The Hall–Kier alpha value is -1.22. The van der Waals surface area contributed by atoms with Gasteiger partial charge in [0.2, 0.25) is 0 Å². The zero-order chi connectivity index (χ0) is 9.84. The third-order valence-electron chi connectivity index (χ3n) is 1.64. The van der Waals surface area contributed by atoms with Crippen LogP contribution in [0.25, 0.3) is 0 Å². The third-order valence-corrected chi connectivity index (χ3v) is 1.64. The van der Waals surface area contributed by atoms with Gasteiger partial charge in [0.1, 0.15) is 11.5 Å². The predicted octanol–water partition coefficient (Wildman–Crippen LogP) is 1.64. The second-order valence-electron chi connectivity index (χ2n) is 3.16. The Bertz CT molecular complexity index is 284. The van der Waals surface area contributed by atoms with Crippen LogP contribution in [0.15, 0.2) is 18.2 Å². The number of benzene rings is 1. The topological polar surface area (TPSA) is 55.5 Å². The van der Waals surface area contributed by atoms with Crippen molar-refractivity contribution in [1.29, 1.82) is 0 Å². The molecule has 0 aromatic heterocycles. The predicted molar refractivity (Wildman–Crippen MR) is 51.8 cm³/mol. The fraction of sp³-hybridized carbons (Fsp3) is 0.400. The average molecular weight is 181 g/mol. The van der Waals surface area contributed by atoms with Crippen molar-refractivity contribution in [2.45, 2.75) is 26.5 Å². The first-order valence-corrected chi connectivity index (χ1v) is 4.32. The SMILES string of the molecule is CC(C)Oc1ccc(O)c(CN)c1. The van der Waals surface area contributed by atoms with E-state index in [4.69, 9.17) is 10.5 Å². The van der Waals surface area contributed by atoms with Gasteiger partial charge in [0.15, 0.2) is 0 Å². The minimum atomic E-state index is 0.134. The molecule has 0 unspecified atom stereocenters. The summed E-state index contributed by atoms with van der Waals surface area (Å²) in [4.78, 5) is 0. The Labute approximate surface area is 78.1 Å². The lowest BCUT2D eigenvalue weighted by atomic mass is 10.2. The van der Waals surface area contributed by atoms with Gasteiger partial charge < -0.3 is 15.6 Å². The molecule has 13 heavy (non-hydrogen) atoms. The van der Waals surface area contributed by atoms with Gasteiger partial charge in [0.25, 0.3) is 0 Å². The number of phenols is 1. The maximum absolute atomic E-state index is 9.33. The molecule has 0 bridgehead atoms. The van der Waals surface area contributed by atoms with Gasteiger partial charge in [-0.05, 0) is 32.0 Å². The van der Waals surface area contributed by atoms with Gasteiger partial charge in [-0.2, -0.15) is 0 Å². The largest absolute Gasteiger partial charge is 0.508 e. The van der Waals surface area contributed by atoms with E-state index in [9.17, 15) is 5.11 Å². The Balaban J connectivity index is 2.86. The molecule has 0 heterocycles. The third kappa shape index (κ3) is 2.63. The monoisotopic (exact) mass is 181 g/mol. The van der Waals surface area contributed by atoms with Gasteiger partial charge in [-0.25, -0.2) is 0 Å². The molecule has 0 amide bonds. The van der Waals surface area contributed by atoms with Crippen molar-refractivity contribution in [2.24, 2.45) is 5.73 Å². The van der Waals surface area contributed by atoms with E-state index in [1.54, 1.807) is 18.2 Å². The molecule has 0 aliphatic carbocycles. The number of hydrogen-bond donors (Lipinski definition) is 2. The summed E-state index contributed by atoms with van der Waals surface area (Å²) in [7, 11) is 0. The fourth-order valence-electron chi connectivity index (χ4n) is 1.07. The highest BCUT2D eigenvalue weighted by molar-refractivity contribution is 5.39. The van der Waals surface area contributed by atoms with Crippen molar-refractivity contribution >= 4 is 0 Å². The zero-order valence-electron chi connectivity index (χ0n) is 7.95. The molecule has 1 rings (SSSR count). The Kier molecular flexibility index (Phi) is 3.14. The minimum absolute atomic E-state index is 0.134. The molecule has 3 N–H and O–H groups in total. The molecule has 1 aromatic carbocycles. The molecular formula is C10H15NO2. The highest BCUT2D eigenvalue weighted by Gasteiger charge is 2.02. The van der Waals surface area contributed by atoms with Crippen molar-refractivity contribution in [1.82, 2.24) is 0 Å². The van der Waals surface area contributed by atoms with E-state index in [0.717, 1.165) is 5.75 Å². The summed E-state index contributed by atoms with van der Waals surface area (Å²) < 4.78 is 5.44. The summed E-state index contributed by atoms with van der Waals surface area (Å²) in [6, 6.07) is 5.09. The number of rotatable bonds is 3. The van der Waals surface area contributed by atoms with Gasteiger partial charge in [0, 0.05) is 12.1 Å². The number of nitrogens with two attached hydrogens (primary N) is 1. The summed E-state index contributed by atoms with van der Waals surface area (Å²) in [6.07, 6.45) is 0.134. The highest BCUT2D eigenvalue weighted by Crippen LogP contribution is 2.22. The van der Waals surface area contributed by atoms with E-state index in [0.29, 0.717) is 12.1 Å². The summed E-state index contributed by atoms with van der Waals surface area (Å²) in [5.74, 6) is 0.965. The molecule has 1 aromatic rings. The Morgan fingerprint density at radius 2 is 2.15 bits per heavy atom. The molecule has 0 aliphatic heterocycles. The summed E-state index contributed by atoms with van der Waals surface area (Å²) in [6.45, 7) is 4.23. The number of hydrogen-bond acceptors (Lipinski definition) is 3. The summed E-state index contributed by atoms with van der Waals surface area (Å²) >= 11 is 0. The molecule has 0 saturated carbocycles. The fourth-order valence-corrected chi connectivity index (χ4v) is 1.07. The first kappa shape index (κ1) is 9.86. The van der Waals surface area contributed by atoms with Crippen molar-refractivity contribution < 1.29 is 9.84 Å². The molecule has 0 aliphatic rings. The van der Waals surface area contributed by atoms with Crippen molar-refractivity contribution in [3.8, 4) is 11.5 Å². The van der Waals surface area contributed by atoms with Gasteiger partial charge in [-0.15, -0.1) is 0 Å². The second kappa shape index (κ2) is 4.14. The van der Waals surface area contributed by atoms with E-state index in [2.05, 4.69) is 0 Å². The number of phenolic OH excluding ortho intramolecular Hbond substituents is 1. The summed E-state index contributed by atoms with van der Waals surface area (Å²) in [5.41, 5.74) is 6.14. The van der Waals surface area contributed by atoms with Crippen LogP contribution in [0.4, 0.5) is 0 Å². The van der Waals surface area contributed by atoms with E-state index in [1.807, 2.05) is 13.8 Å². The molecule has 0 atom stereocenters. The van der Waals surface area contributed by atoms with Crippen molar-refractivity contribution in [3.63, 3.8) is 0 Å². The number of ether oxygens (including phenoxy) is 1. The van der Waals surface area contributed by atoms with Crippen LogP contribution in [0.1, 0.15) is 19.4 Å². The Morgan fingerprint density at radius 1 is 1.46 bits per heavy atom. The molecular weight excluding hydrogens is 166 g/mol. The van der Waals surface area contributed by atoms with Crippen LogP contribution in [0.2, 0.25) is 0 Å². The second-order valence-corrected chi connectivity index (χ2v) is 3.16. The molecule has 3 heteroatoms. The zero-order valence-corrected chi connectivity index (χ0v) is 7.95. The van der Waals surface area contributed by atoms with E-state index >= 15 is 0 Å². The molecule has 0 saturated heterocycles. The lowest BCUT2D eigenvalue weighted by Crippen LogP contribution is -2.06. The average Bonchev–Trinajstić information content (AvgIpc) is 2.07. The first-order chi connectivity index (χ1) is 6.13. The van der Waals surface area contributed by atoms with E-state index < -0.39 is 0 Å². The summed E-state index contributed by atoms with van der Waals surface area (Å²) in [5, 5.41) is 9.33. The van der Waals surface area contributed by atoms with Crippen LogP contribution in [0, 0.1) is 0 Å². The first-order valence-electron chi connectivity index (χ1n) is 4.32. The molecule has 0 spiro atoms. The molecule has 3 nitrogen and oxygen atoms in total. The molecule has 0 fully saturated rings. The van der Waals surface area contributed by atoms with Crippen LogP contribution < -0.4 is 10.5 Å². The Morgan fingerprint density at radius 3 is 2.69 bits per heavy atom. The standard InChI is InChI=1S/C10H15NO2/c1-7(2)13-9-3-4-10(12)8(5-9)6-11/h3-5,7,12H,6,11H2,1-2H3. The lowest BCUT2D eigenvalue weighted by molar-refractivity contribution is 0.242. The van der Waals surface area contributed by atoms with Crippen molar-refractivity contribution in [2.75, 3.05) is 0 Å². The van der Waals surface area contributed by atoms with E-state index in [-0.39, 0.29) is 11.9 Å². The number of aromatic hydroxyl groups is 1.